The maximum Gasteiger partial charge on any atom is 0.412 e. The molecule has 7 heteroatoms. The van der Waals surface area contributed by atoms with E-state index in [9.17, 15) is 14.3 Å². The van der Waals surface area contributed by atoms with Gasteiger partial charge in [-0.1, -0.05) is 20.8 Å². The van der Waals surface area contributed by atoms with E-state index in [0.29, 0.717) is 11.4 Å². The topological polar surface area (TPSA) is 71.2 Å². The molecule has 0 saturated carbocycles. The first-order valence-corrected chi connectivity index (χ1v) is 6.86. The van der Waals surface area contributed by atoms with Gasteiger partial charge >= 0.3 is 6.09 Å². The Morgan fingerprint density at radius 2 is 2.14 bits per heavy atom. The second-order valence-corrected chi connectivity index (χ2v) is 6.28. The van der Waals surface area contributed by atoms with Gasteiger partial charge < -0.3 is 5.11 Å². The molecule has 2 aromatic heterocycles. The van der Waals surface area contributed by atoms with E-state index in [4.69, 9.17) is 0 Å². The predicted molar refractivity (Wildman–Crippen MR) is 80.9 cm³/mol. The Kier molecular flexibility index (Phi) is 4.16. The summed E-state index contributed by atoms with van der Waals surface area (Å²) in [4.78, 5) is 16.5. The van der Waals surface area contributed by atoms with Crippen LogP contribution in [0.2, 0.25) is 0 Å². The van der Waals surface area contributed by atoms with Crippen molar-refractivity contribution >= 4 is 11.8 Å². The van der Waals surface area contributed by atoms with E-state index in [2.05, 4.69) is 10.1 Å². The summed E-state index contributed by atoms with van der Waals surface area (Å²) in [7, 11) is 0. The van der Waals surface area contributed by atoms with E-state index < -0.39 is 12.0 Å². The molecule has 1 amide bonds. The molecule has 0 aliphatic carbocycles. The fraction of sp³-hybridized carbons (Fsp3) is 0.400. The molecule has 2 aromatic rings. The van der Waals surface area contributed by atoms with Crippen molar-refractivity contribution in [1.82, 2.24) is 14.8 Å². The lowest BCUT2D eigenvalue weighted by Gasteiger charge is -2.27. The van der Waals surface area contributed by atoms with Crippen LogP contribution in [0.25, 0.3) is 5.69 Å². The highest BCUT2D eigenvalue weighted by Crippen LogP contribution is 2.29. The van der Waals surface area contributed by atoms with E-state index in [-0.39, 0.29) is 17.6 Å². The average Bonchev–Trinajstić information content (AvgIpc) is 2.71. The molecular weight excluding hydrogens is 287 g/mol. The number of aryl methyl sites for hydroxylation is 1. The van der Waals surface area contributed by atoms with Crippen molar-refractivity contribution in [3.8, 4) is 5.69 Å². The number of aromatic nitrogens is 3. The molecule has 0 spiro atoms. The molecule has 6 nitrogen and oxygen atoms in total. The number of anilines is 1. The van der Waals surface area contributed by atoms with Crippen LogP contribution in [-0.2, 0) is 0 Å². The van der Waals surface area contributed by atoms with Crippen LogP contribution in [0.4, 0.5) is 14.9 Å². The number of carboxylic acid groups (broad SMARTS) is 1. The highest BCUT2D eigenvalue weighted by atomic mass is 19.1. The van der Waals surface area contributed by atoms with Gasteiger partial charge in [0.2, 0.25) is 5.95 Å². The predicted octanol–water partition coefficient (Wildman–Crippen LogP) is 3.25. The van der Waals surface area contributed by atoms with Gasteiger partial charge in [-0.3, -0.25) is 9.88 Å². The molecule has 0 fully saturated rings. The summed E-state index contributed by atoms with van der Waals surface area (Å²) < 4.78 is 15.8. The summed E-state index contributed by atoms with van der Waals surface area (Å²) in [6, 6.07) is 3.32. The first-order chi connectivity index (χ1) is 10.2. The summed E-state index contributed by atoms with van der Waals surface area (Å²) in [6.45, 7) is 7.42. The molecule has 22 heavy (non-hydrogen) atoms. The molecule has 2 heterocycles. The Bertz CT molecular complexity index is 677. The summed E-state index contributed by atoms with van der Waals surface area (Å²) in [5.41, 5.74) is 0.419. The molecule has 0 aliphatic heterocycles. The second kappa shape index (κ2) is 5.75. The van der Waals surface area contributed by atoms with Crippen LogP contribution in [0, 0.1) is 18.3 Å². The van der Waals surface area contributed by atoms with Crippen LogP contribution in [0.3, 0.4) is 0 Å². The average molecular weight is 306 g/mol. The van der Waals surface area contributed by atoms with Gasteiger partial charge in [0.15, 0.2) is 0 Å². The normalized spacial score (nSPS) is 11.5. The van der Waals surface area contributed by atoms with Crippen molar-refractivity contribution in [2.75, 3.05) is 11.4 Å². The van der Waals surface area contributed by atoms with Gasteiger partial charge in [-0.25, -0.2) is 9.48 Å². The highest BCUT2D eigenvalue weighted by Gasteiger charge is 2.29. The molecule has 0 aliphatic rings. The van der Waals surface area contributed by atoms with Crippen LogP contribution in [0.15, 0.2) is 24.5 Å². The first kappa shape index (κ1) is 15.9. The van der Waals surface area contributed by atoms with Crippen molar-refractivity contribution in [3.63, 3.8) is 0 Å². The highest BCUT2D eigenvalue weighted by molar-refractivity contribution is 5.87. The van der Waals surface area contributed by atoms with Crippen molar-refractivity contribution in [1.29, 1.82) is 0 Å². The van der Waals surface area contributed by atoms with Crippen molar-refractivity contribution in [2.45, 2.75) is 27.7 Å². The standard InChI is InChI=1S/C15H19FN4O2/c1-10-12(19(14(21)22)9-15(2,3)4)13(16)20(18-10)11-6-5-7-17-8-11/h5-8H,9H2,1-4H3,(H,21,22). The molecule has 0 unspecified atom stereocenters. The summed E-state index contributed by atoms with van der Waals surface area (Å²) in [5.74, 6) is -0.711. The van der Waals surface area contributed by atoms with Gasteiger partial charge in [-0.15, -0.1) is 0 Å². The van der Waals surface area contributed by atoms with Crippen molar-refractivity contribution in [3.05, 3.63) is 36.2 Å². The number of amides is 1. The number of pyridine rings is 1. The van der Waals surface area contributed by atoms with Gasteiger partial charge in [0.05, 0.1) is 17.6 Å². The van der Waals surface area contributed by atoms with Crippen LogP contribution < -0.4 is 4.90 Å². The number of nitrogens with zero attached hydrogens (tertiary/aromatic N) is 4. The Hall–Kier alpha value is -2.44. The van der Waals surface area contributed by atoms with Crippen LogP contribution >= 0.6 is 0 Å². The summed E-state index contributed by atoms with van der Waals surface area (Å²) in [6.07, 6.45) is 1.83. The van der Waals surface area contributed by atoms with Crippen LogP contribution in [0.1, 0.15) is 26.5 Å². The van der Waals surface area contributed by atoms with Crippen LogP contribution in [-0.4, -0.2) is 32.5 Å². The minimum Gasteiger partial charge on any atom is -0.465 e. The third kappa shape index (κ3) is 3.24. The molecule has 0 atom stereocenters. The number of hydrogen-bond donors (Lipinski definition) is 1. The minimum absolute atomic E-state index is 0.0220. The van der Waals surface area contributed by atoms with E-state index in [1.807, 2.05) is 20.8 Å². The largest absolute Gasteiger partial charge is 0.465 e. The maximum atomic E-state index is 14.7. The molecule has 0 saturated heterocycles. The van der Waals surface area contributed by atoms with Gasteiger partial charge in [-0.05, 0) is 24.5 Å². The zero-order valence-corrected chi connectivity index (χ0v) is 13.0. The quantitative estimate of drug-likeness (QED) is 0.945. The third-order valence-corrected chi connectivity index (χ3v) is 3.00. The fourth-order valence-corrected chi connectivity index (χ4v) is 2.16. The molecule has 1 N–H and O–H groups in total. The lowest BCUT2D eigenvalue weighted by atomic mass is 9.96. The number of halogens is 1. The summed E-state index contributed by atoms with van der Waals surface area (Å²) in [5, 5.41) is 13.5. The van der Waals surface area contributed by atoms with Gasteiger partial charge in [0.25, 0.3) is 0 Å². The Balaban J connectivity index is 2.51. The maximum absolute atomic E-state index is 14.7. The molecular formula is C15H19FN4O2. The second-order valence-electron chi connectivity index (χ2n) is 6.28. The lowest BCUT2D eigenvalue weighted by Crippen LogP contribution is -2.37. The van der Waals surface area contributed by atoms with Gasteiger partial charge in [-0.2, -0.15) is 9.49 Å². The monoisotopic (exact) mass is 306 g/mol. The zero-order chi connectivity index (χ0) is 16.5. The smallest absolute Gasteiger partial charge is 0.412 e. The first-order valence-electron chi connectivity index (χ1n) is 6.86. The van der Waals surface area contributed by atoms with Crippen molar-refractivity contribution < 1.29 is 14.3 Å². The third-order valence-electron chi connectivity index (χ3n) is 3.00. The fourth-order valence-electron chi connectivity index (χ4n) is 2.16. The molecule has 0 radical (unpaired) electrons. The van der Waals surface area contributed by atoms with Gasteiger partial charge in [0.1, 0.15) is 5.69 Å². The Morgan fingerprint density at radius 3 is 2.64 bits per heavy atom. The molecule has 2 rings (SSSR count). The summed E-state index contributed by atoms with van der Waals surface area (Å²) >= 11 is 0. The SMILES string of the molecule is Cc1nn(-c2cccnc2)c(F)c1N(CC(C)(C)C)C(=O)O. The number of hydrogen-bond acceptors (Lipinski definition) is 3. The Labute approximate surface area is 128 Å². The van der Waals surface area contributed by atoms with Gasteiger partial charge in [0, 0.05) is 12.7 Å². The van der Waals surface area contributed by atoms with E-state index in [1.165, 1.54) is 6.20 Å². The Morgan fingerprint density at radius 1 is 1.45 bits per heavy atom. The van der Waals surface area contributed by atoms with E-state index in [0.717, 1.165) is 9.58 Å². The van der Waals surface area contributed by atoms with E-state index >= 15 is 0 Å². The number of rotatable bonds is 3. The van der Waals surface area contributed by atoms with E-state index in [1.54, 1.807) is 25.3 Å². The molecule has 118 valence electrons. The lowest BCUT2D eigenvalue weighted by molar-refractivity contribution is 0.198. The minimum atomic E-state index is -1.21. The molecule has 0 bridgehead atoms. The zero-order valence-electron chi connectivity index (χ0n) is 13.0. The molecule has 0 aromatic carbocycles. The number of carbonyl (C=O) groups is 1. The van der Waals surface area contributed by atoms with Crippen molar-refractivity contribution in [2.24, 2.45) is 5.41 Å². The van der Waals surface area contributed by atoms with Crippen LogP contribution in [0.5, 0.6) is 0 Å².